The first-order valence-electron chi connectivity index (χ1n) is 8.01. The number of hydrogen-bond acceptors (Lipinski definition) is 3. The monoisotopic (exact) mass is 301 g/mol. The van der Waals surface area contributed by atoms with E-state index < -0.39 is 5.60 Å². The summed E-state index contributed by atoms with van der Waals surface area (Å²) in [5.74, 6) is -0.0395. The fourth-order valence-corrected chi connectivity index (χ4v) is 3.03. The number of fused-ring (bicyclic) bond motifs is 1. The van der Waals surface area contributed by atoms with Crippen LogP contribution in [0.1, 0.15) is 38.8 Å². The minimum Gasteiger partial charge on any atom is -0.365 e. The van der Waals surface area contributed by atoms with Gasteiger partial charge in [-0.25, -0.2) is 0 Å². The zero-order valence-electron chi connectivity index (χ0n) is 13.3. The van der Waals surface area contributed by atoms with E-state index >= 15 is 0 Å². The summed E-state index contributed by atoms with van der Waals surface area (Å²) in [6.07, 6.45) is 2.86. The third-order valence-electron chi connectivity index (χ3n) is 4.40. The molecule has 1 aliphatic rings. The van der Waals surface area contributed by atoms with E-state index in [-0.39, 0.29) is 5.91 Å². The highest BCUT2D eigenvalue weighted by atomic mass is 16.5. The standard InChI is InChI=1S/C17H23N3O2/c1-3-20-15-9-5-4-8-13(15)14(19-20)12-18-16(21)17(2)10-6-7-11-22-17/h4-5,8-9H,3,6-7,10-12H2,1-2H3,(H,18,21)/t17-/m0/s1. The van der Waals surface area contributed by atoms with Crippen molar-refractivity contribution >= 4 is 16.8 Å². The number of hydrogen-bond donors (Lipinski definition) is 1. The predicted octanol–water partition coefficient (Wildman–Crippen LogP) is 2.63. The number of benzene rings is 1. The molecule has 3 rings (SSSR count). The summed E-state index contributed by atoms with van der Waals surface area (Å²) in [6.45, 7) is 5.86. The van der Waals surface area contributed by atoms with Gasteiger partial charge >= 0.3 is 0 Å². The van der Waals surface area contributed by atoms with Crippen LogP contribution < -0.4 is 5.32 Å². The summed E-state index contributed by atoms with van der Waals surface area (Å²) in [5.41, 5.74) is 1.32. The van der Waals surface area contributed by atoms with Crippen LogP contribution in [0.4, 0.5) is 0 Å². The zero-order chi connectivity index (χ0) is 15.6. The minimum absolute atomic E-state index is 0.0395. The van der Waals surface area contributed by atoms with E-state index in [0.29, 0.717) is 13.2 Å². The van der Waals surface area contributed by atoms with Crippen molar-refractivity contribution in [3.05, 3.63) is 30.0 Å². The van der Waals surface area contributed by atoms with Crippen LogP contribution in [0.15, 0.2) is 24.3 Å². The summed E-state index contributed by atoms with van der Waals surface area (Å²) in [7, 11) is 0. The molecule has 1 saturated heterocycles. The molecular weight excluding hydrogens is 278 g/mol. The van der Waals surface area contributed by atoms with E-state index in [1.807, 2.05) is 23.7 Å². The van der Waals surface area contributed by atoms with Crippen LogP contribution in [0, 0.1) is 0 Å². The summed E-state index contributed by atoms with van der Waals surface area (Å²) >= 11 is 0. The lowest BCUT2D eigenvalue weighted by Gasteiger charge is -2.32. The molecule has 1 aromatic heterocycles. The van der Waals surface area contributed by atoms with Crippen molar-refractivity contribution in [2.75, 3.05) is 6.61 Å². The fourth-order valence-electron chi connectivity index (χ4n) is 3.03. The van der Waals surface area contributed by atoms with E-state index in [1.54, 1.807) is 0 Å². The van der Waals surface area contributed by atoms with Gasteiger partial charge in [-0.1, -0.05) is 18.2 Å². The summed E-state index contributed by atoms with van der Waals surface area (Å²) < 4.78 is 7.66. The van der Waals surface area contributed by atoms with Crippen molar-refractivity contribution in [3.63, 3.8) is 0 Å². The van der Waals surface area contributed by atoms with Gasteiger partial charge in [0.2, 0.25) is 0 Å². The number of amides is 1. The number of aryl methyl sites for hydroxylation is 1. The van der Waals surface area contributed by atoms with E-state index in [9.17, 15) is 4.79 Å². The number of nitrogens with one attached hydrogen (secondary N) is 1. The minimum atomic E-state index is -0.693. The van der Waals surface area contributed by atoms with Crippen LogP contribution in [0.25, 0.3) is 10.9 Å². The molecule has 1 aliphatic heterocycles. The van der Waals surface area contributed by atoms with Gasteiger partial charge in [0.25, 0.3) is 5.91 Å². The van der Waals surface area contributed by atoms with Gasteiger partial charge in [0.05, 0.1) is 17.8 Å². The molecule has 1 atom stereocenters. The molecular formula is C17H23N3O2. The number of ether oxygens (including phenoxy) is 1. The Balaban J connectivity index is 1.75. The topological polar surface area (TPSA) is 56.2 Å². The van der Waals surface area contributed by atoms with Crippen molar-refractivity contribution in [1.29, 1.82) is 0 Å². The first-order valence-corrected chi connectivity index (χ1v) is 8.01. The molecule has 5 heteroatoms. The van der Waals surface area contributed by atoms with Crippen LogP contribution in [-0.4, -0.2) is 27.9 Å². The van der Waals surface area contributed by atoms with Crippen molar-refractivity contribution < 1.29 is 9.53 Å². The SMILES string of the molecule is CCn1nc(CNC(=O)[C@]2(C)CCCCO2)c2ccccc21. The smallest absolute Gasteiger partial charge is 0.252 e. The number of rotatable bonds is 4. The van der Waals surface area contributed by atoms with Gasteiger partial charge in [-0.3, -0.25) is 9.48 Å². The normalized spacial score (nSPS) is 21.9. The van der Waals surface area contributed by atoms with Gasteiger partial charge in [0.15, 0.2) is 0 Å². The van der Waals surface area contributed by atoms with E-state index in [1.165, 1.54) is 0 Å². The Morgan fingerprint density at radius 3 is 2.95 bits per heavy atom. The maximum Gasteiger partial charge on any atom is 0.252 e. The van der Waals surface area contributed by atoms with Crippen LogP contribution in [-0.2, 0) is 22.6 Å². The second-order valence-electron chi connectivity index (χ2n) is 6.00. The summed E-state index contributed by atoms with van der Waals surface area (Å²) in [5, 5.41) is 8.70. The Hall–Kier alpha value is -1.88. The highest BCUT2D eigenvalue weighted by Gasteiger charge is 2.35. The molecule has 0 saturated carbocycles. The lowest BCUT2D eigenvalue weighted by molar-refractivity contribution is -0.150. The highest BCUT2D eigenvalue weighted by molar-refractivity contribution is 5.86. The van der Waals surface area contributed by atoms with Crippen LogP contribution in [0.2, 0.25) is 0 Å². The second-order valence-corrected chi connectivity index (χ2v) is 6.00. The molecule has 1 amide bonds. The number of nitrogens with zero attached hydrogens (tertiary/aromatic N) is 2. The average molecular weight is 301 g/mol. The molecule has 0 bridgehead atoms. The Morgan fingerprint density at radius 2 is 2.23 bits per heavy atom. The number of carbonyl (C=O) groups excluding carboxylic acids is 1. The quantitative estimate of drug-likeness (QED) is 0.944. The van der Waals surface area contributed by atoms with E-state index in [4.69, 9.17) is 4.74 Å². The van der Waals surface area contributed by atoms with Crippen molar-refractivity contribution in [1.82, 2.24) is 15.1 Å². The van der Waals surface area contributed by atoms with Gasteiger partial charge in [-0.05, 0) is 39.2 Å². The molecule has 2 aromatic rings. The second kappa shape index (κ2) is 6.08. The lowest BCUT2D eigenvalue weighted by atomic mass is 9.95. The van der Waals surface area contributed by atoms with Gasteiger partial charge < -0.3 is 10.1 Å². The molecule has 22 heavy (non-hydrogen) atoms. The molecule has 0 unspecified atom stereocenters. The zero-order valence-corrected chi connectivity index (χ0v) is 13.3. The molecule has 0 radical (unpaired) electrons. The first-order chi connectivity index (χ1) is 10.6. The summed E-state index contributed by atoms with van der Waals surface area (Å²) in [4.78, 5) is 12.4. The Kier molecular flexibility index (Phi) is 4.16. The third-order valence-corrected chi connectivity index (χ3v) is 4.40. The van der Waals surface area contributed by atoms with Crippen LogP contribution in [0.3, 0.4) is 0 Å². The maximum atomic E-state index is 12.4. The Labute approximate surface area is 130 Å². The molecule has 0 aliphatic carbocycles. The molecule has 5 nitrogen and oxygen atoms in total. The fraction of sp³-hybridized carbons (Fsp3) is 0.529. The maximum absolute atomic E-state index is 12.4. The molecule has 1 aromatic carbocycles. The largest absolute Gasteiger partial charge is 0.365 e. The average Bonchev–Trinajstić information content (AvgIpc) is 2.91. The molecule has 1 fully saturated rings. The van der Waals surface area contributed by atoms with E-state index in [0.717, 1.165) is 42.4 Å². The first kappa shape index (κ1) is 15.0. The molecule has 2 heterocycles. The van der Waals surface area contributed by atoms with Gasteiger partial charge in [-0.2, -0.15) is 5.10 Å². The third kappa shape index (κ3) is 2.73. The van der Waals surface area contributed by atoms with E-state index in [2.05, 4.69) is 29.5 Å². The number of para-hydroxylation sites is 1. The Bertz CT molecular complexity index is 672. The van der Waals surface area contributed by atoms with Gasteiger partial charge in [-0.15, -0.1) is 0 Å². The van der Waals surface area contributed by atoms with Crippen LogP contribution >= 0.6 is 0 Å². The Morgan fingerprint density at radius 1 is 1.41 bits per heavy atom. The van der Waals surface area contributed by atoms with Crippen molar-refractivity contribution in [2.45, 2.75) is 51.8 Å². The molecule has 0 spiro atoms. The summed E-state index contributed by atoms with van der Waals surface area (Å²) in [6, 6.07) is 8.12. The van der Waals surface area contributed by atoms with Gasteiger partial charge in [0.1, 0.15) is 5.60 Å². The molecule has 1 N–H and O–H groups in total. The molecule has 118 valence electrons. The van der Waals surface area contributed by atoms with Crippen molar-refractivity contribution in [3.8, 4) is 0 Å². The lowest BCUT2D eigenvalue weighted by Crippen LogP contribution is -2.48. The highest BCUT2D eigenvalue weighted by Crippen LogP contribution is 2.25. The number of carbonyl (C=O) groups is 1. The van der Waals surface area contributed by atoms with Crippen LogP contribution in [0.5, 0.6) is 0 Å². The number of aromatic nitrogens is 2. The van der Waals surface area contributed by atoms with Gasteiger partial charge in [0, 0.05) is 18.5 Å². The predicted molar refractivity (Wildman–Crippen MR) is 85.5 cm³/mol. The van der Waals surface area contributed by atoms with Crippen molar-refractivity contribution in [2.24, 2.45) is 0 Å².